The Kier molecular flexibility index (Phi) is 6.95. The van der Waals surface area contributed by atoms with Gasteiger partial charge in [-0.1, -0.05) is 6.07 Å². The lowest BCUT2D eigenvalue weighted by Crippen LogP contribution is -2.28. The Balaban J connectivity index is 2.14. The summed E-state index contributed by atoms with van der Waals surface area (Å²) in [5.41, 5.74) is 4.49. The van der Waals surface area contributed by atoms with E-state index in [1.165, 1.54) is 11.0 Å². The molecule has 0 spiro atoms. The number of rotatable bonds is 9. The minimum Gasteiger partial charge on any atom is -0.495 e. The van der Waals surface area contributed by atoms with Crippen molar-refractivity contribution in [1.29, 1.82) is 0 Å². The largest absolute Gasteiger partial charge is 0.495 e. The van der Waals surface area contributed by atoms with Gasteiger partial charge in [0.15, 0.2) is 0 Å². The van der Waals surface area contributed by atoms with Crippen LogP contribution in [-0.4, -0.2) is 53.0 Å². The van der Waals surface area contributed by atoms with Crippen molar-refractivity contribution in [2.45, 2.75) is 0 Å². The fourth-order valence-electron chi connectivity index (χ4n) is 2.08. The molecule has 130 valence electrons. The number of anilines is 2. The van der Waals surface area contributed by atoms with Crippen LogP contribution in [0.5, 0.6) is 5.75 Å². The van der Waals surface area contributed by atoms with Gasteiger partial charge in [-0.05, 0) is 17.7 Å². The molecule has 0 bridgehead atoms. The number of methoxy groups -OCH3 is 1. The third kappa shape index (κ3) is 4.65. The number of aromatic nitrogens is 3. The van der Waals surface area contributed by atoms with Crippen LogP contribution in [0.3, 0.4) is 0 Å². The smallest absolute Gasteiger partial charge is 0.263 e. The van der Waals surface area contributed by atoms with Crippen molar-refractivity contribution in [2.24, 2.45) is 5.10 Å². The number of nitrogen functional groups attached to an aromatic ring is 1. The van der Waals surface area contributed by atoms with Crippen molar-refractivity contribution < 1.29 is 4.74 Å². The summed E-state index contributed by atoms with van der Waals surface area (Å²) in [4.78, 5) is 2.08. The Morgan fingerprint density at radius 3 is 2.71 bits per heavy atom. The van der Waals surface area contributed by atoms with E-state index in [0.717, 1.165) is 17.0 Å². The Bertz CT molecular complexity index is 671. The standard InChI is InChI=1S/C14H19Cl2N7O/c1-24-13-8-11(9-18-20-14-21-19-10-23(14)17)2-3-12(13)22(6-4-15)7-5-16/h2-3,8-10H,4-7,17H2,1H3,(H,20,21). The number of hydrazone groups is 1. The number of benzene rings is 1. The van der Waals surface area contributed by atoms with Gasteiger partial charge in [0.05, 0.1) is 19.0 Å². The SMILES string of the molecule is COc1cc(C=NNc2nncn2N)ccc1N(CCCl)CCCl. The Morgan fingerprint density at radius 1 is 1.38 bits per heavy atom. The molecule has 0 radical (unpaired) electrons. The molecule has 0 unspecified atom stereocenters. The van der Waals surface area contributed by atoms with E-state index in [4.69, 9.17) is 33.8 Å². The molecule has 10 heteroatoms. The first-order valence-corrected chi connectivity index (χ1v) is 8.25. The maximum Gasteiger partial charge on any atom is 0.263 e. The number of nitrogens with zero attached hydrogens (tertiary/aromatic N) is 5. The third-order valence-electron chi connectivity index (χ3n) is 3.20. The van der Waals surface area contributed by atoms with Gasteiger partial charge in [-0.25, -0.2) is 10.1 Å². The highest BCUT2D eigenvalue weighted by Crippen LogP contribution is 2.29. The number of ether oxygens (including phenoxy) is 1. The van der Waals surface area contributed by atoms with Crippen molar-refractivity contribution >= 4 is 41.1 Å². The van der Waals surface area contributed by atoms with E-state index in [1.807, 2.05) is 18.2 Å². The summed E-state index contributed by atoms with van der Waals surface area (Å²) in [6.07, 6.45) is 3.01. The molecule has 1 aromatic carbocycles. The summed E-state index contributed by atoms with van der Waals surface area (Å²) in [7, 11) is 1.62. The second-order valence-electron chi connectivity index (χ2n) is 4.73. The van der Waals surface area contributed by atoms with Gasteiger partial charge < -0.3 is 15.5 Å². The molecule has 0 saturated carbocycles. The number of hydrogen-bond acceptors (Lipinski definition) is 7. The average Bonchev–Trinajstić information content (AvgIpc) is 3.00. The molecular weight excluding hydrogens is 353 g/mol. The molecule has 0 atom stereocenters. The Hall–Kier alpha value is -2.19. The van der Waals surface area contributed by atoms with Gasteiger partial charge in [0.2, 0.25) is 0 Å². The van der Waals surface area contributed by atoms with E-state index < -0.39 is 0 Å². The minimum absolute atomic E-state index is 0.338. The van der Waals surface area contributed by atoms with Crippen molar-refractivity contribution in [2.75, 3.05) is 48.1 Å². The molecule has 0 aliphatic rings. The molecule has 1 aromatic heterocycles. The molecule has 0 fully saturated rings. The number of halogens is 2. The second kappa shape index (κ2) is 9.19. The van der Waals surface area contributed by atoms with Crippen LogP contribution in [-0.2, 0) is 0 Å². The van der Waals surface area contributed by atoms with Crippen LogP contribution >= 0.6 is 23.2 Å². The molecule has 2 rings (SSSR count). The molecule has 1 heterocycles. The highest BCUT2D eigenvalue weighted by atomic mass is 35.5. The molecule has 0 aliphatic carbocycles. The number of nitrogens with one attached hydrogen (secondary N) is 1. The van der Waals surface area contributed by atoms with E-state index in [0.29, 0.717) is 30.8 Å². The van der Waals surface area contributed by atoms with Crippen molar-refractivity contribution in [3.05, 3.63) is 30.1 Å². The maximum absolute atomic E-state index is 5.86. The fourth-order valence-corrected chi connectivity index (χ4v) is 2.49. The van der Waals surface area contributed by atoms with Gasteiger partial charge in [0, 0.05) is 24.8 Å². The van der Waals surface area contributed by atoms with Crippen LogP contribution in [0, 0.1) is 0 Å². The molecule has 3 N–H and O–H groups in total. The van der Waals surface area contributed by atoms with E-state index in [2.05, 4.69) is 25.6 Å². The summed E-state index contributed by atoms with van der Waals surface area (Å²) < 4.78 is 6.71. The lowest BCUT2D eigenvalue weighted by molar-refractivity contribution is 0.414. The van der Waals surface area contributed by atoms with E-state index >= 15 is 0 Å². The highest BCUT2D eigenvalue weighted by molar-refractivity contribution is 6.18. The quantitative estimate of drug-likeness (QED) is 0.301. The maximum atomic E-state index is 5.86. The molecule has 0 saturated heterocycles. The van der Waals surface area contributed by atoms with Gasteiger partial charge in [0.1, 0.15) is 12.1 Å². The van der Waals surface area contributed by atoms with Gasteiger partial charge in [-0.3, -0.25) is 0 Å². The summed E-state index contributed by atoms with van der Waals surface area (Å²) >= 11 is 11.7. The summed E-state index contributed by atoms with van der Waals surface area (Å²) in [6.45, 7) is 1.37. The van der Waals surface area contributed by atoms with E-state index in [9.17, 15) is 0 Å². The summed E-state index contributed by atoms with van der Waals surface area (Å²) in [5, 5.41) is 11.5. The van der Waals surface area contributed by atoms with E-state index in [-0.39, 0.29) is 0 Å². The highest BCUT2D eigenvalue weighted by Gasteiger charge is 2.11. The molecular formula is C14H19Cl2N7O. The van der Waals surface area contributed by atoms with Crippen LogP contribution in [0.15, 0.2) is 29.6 Å². The molecule has 2 aromatic rings. The summed E-state index contributed by atoms with van der Waals surface area (Å²) in [6, 6.07) is 5.75. The zero-order valence-corrected chi connectivity index (χ0v) is 14.7. The topological polar surface area (TPSA) is 93.6 Å². The van der Waals surface area contributed by atoms with Crippen LogP contribution in [0.2, 0.25) is 0 Å². The zero-order chi connectivity index (χ0) is 17.4. The Morgan fingerprint density at radius 2 is 2.12 bits per heavy atom. The molecule has 24 heavy (non-hydrogen) atoms. The average molecular weight is 372 g/mol. The lowest BCUT2D eigenvalue weighted by Gasteiger charge is -2.25. The van der Waals surface area contributed by atoms with Crippen molar-refractivity contribution in [3.8, 4) is 5.75 Å². The number of hydrogen-bond donors (Lipinski definition) is 2. The van der Waals surface area contributed by atoms with Crippen LogP contribution in [0.4, 0.5) is 11.6 Å². The molecule has 8 nitrogen and oxygen atoms in total. The first-order valence-electron chi connectivity index (χ1n) is 7.18. The monoisotopic (exact) mass is 371 g/mol. The zero-order valence-electron chi connectivity index (χ0n) is 13.2. The first kappa shape index (κ1) is 18.2. The fraction of sp³-hybridized carbons (Fsp3) is 0.357. The predicted octanol–water partition coefficient (Wildman–Crippen LogP) is 1.73. The Labute approximate surface area is 150 Å². The predicted molar refractivity (Wildman–Crippen MR) is 98.0 cm³/mol. The number of alkyl halides is 2. The van der Waals surface area contributed by atoms with Crippen molar-refractivity contribution in [1.82, 2.24) is 14.9 Å². The van der Waals surface area contributed by atoms with Gasteiger partial charge >= 0.3 is 0 Å². The lowest BCUT2D eigenvalue weighted by atomic mass is 10.2. The third-order valence-corrected chi connectivity index (χ3v) is 3.54. The molecule has 0 aliphatic heterocycles. The first-order chi connectivity index (χ1) is 11.7. The second-order valence-corrected chi connectivity index (χ2v) is 5.48. The van der Waals surface area contributed by atoms with Gasteiger partial charge in [0.25, 0.3) is 5.95 Å². The van der Waals surface area contributed by atoms with Crippen LogP contribution < -0.4 is 20.9 Å². The van der Waals surface area contributed by atoms with Crippen LogP contribution in [0.25, 0.3) is 0 Å². The number of nitrogens with two attached hydrogens (primary N) is 1. The van der Waals surface area contributed by atoms with E-state index in [1.54, 1.807) is 13.3 Å². The summed E-state index contributed by atoms with van der Waals surface area (Å²) in [5.74, 6) is 7.65. The molecule has 0 amide bonds. The minimum atomic E-state index is 0.338. The van der Waals surface area contributed by atoms with Crippen molar-refractivity contribution in [3.63, 3.8) is 0 Å². The normalized spacial score (nSPS) is 11.0. The van der Waals surface area contributed by atoms with Gasteiger partial charge in [-0.2, -0.15) is 5.10 Å². The van der Waals surface area contributed by atoms with Gasteiger partial charge in [-0.15, -0.1) is 33.4 Å². The van der Waals surface area contributed by atoms with Crippen LogP contribution in [0.1, 0.15) is 5.56 Å².